The number of ether oxygens (including phenoxy) is 1. The molecule has 0 bridgehead atoms. The van der Waals surface area contributed by atoms with Gasteiger partial charge in [-0.15, -0.1) is 0 Å². The van der Waals surface area contributed by atoms with E-state index >= 15 is 0 Å². The van der Waals surface area contributed by atoms with Crippen molar-refractivity contribution < 1.29 is 14.3 Å². The van der Waals surface area contributed by atoms with E-state index in [0.29, 0.717) is 27.2 Å². The Balaban J connectivity index is 1.41. The van der Waals surface area contributed by atoms with Crippen LogP contribution in [0.4, 0.5) is 5.69 Å². The molecular weight excluding hydrogens is 436 g/mol. The summed E-state index contributed by atoms with van der Waals surface area (Å²) >= 11 is 6.01. The maximum absolute atomic E-state index is 13.1. The number of para-hydroxylation sites is 2. The molecule has 4 aromatic rings. The van der Waals surface area contributed by atoms with Gasteiger partial charge in [0, 0.05) is 27.7 Å². The summed E-state index contributed by atoms with van der Waals surface area (Å²) in [6.45, 7) is 1.67. The molecule has 0 spiro atoms. The molecule has 0 saturated heterocycles. The number of amides is 1. The zero-order valence-electron chi connectivity index (χ0n) is 18.0. The Bertz CT molecular complexity index is 1370. The average Bonchev–Trinajstić information content (AvgIpc) is 3.17. The number of nitrogens with zero attached hydrogens (tertiary/aromatic N) is 2. The standard InChI is InChI=1S/C27H21ClN2O3/c1-17-14-19-6-2-5-9-25(19)30(17)26(31)16-33-27(32)22-15-24(18-10-12-20(28)13-11-18)29-23-8-4-3-7-21(22)23/h2-13,15,17H,14,16H2,1H3. The fourth-order valence-electron chi connectivity index (χ4n) is 4.33. The Morgan fingerprint density at radius 2 is 1.76 bits per heavy atom. The summed E-state index contributed by atoms with van der Waals surface area (Å²) in [5.41, 5.74) is 4.50. The van der Waals surface area contributed by atoms with Crippen LogP contribution in [0.3, 0.4) is 0 Å². The summed E-state index contributed by atoms with van der Waals surface area (Å²) in [6.07, 6.45) is 0.787. The number of benzene rings is 3. The van der Waals surface area contributed by atoms with Crippen LogP contribution in [0.2, 0.25) is 5.02 Å². The highest BCUT2D eigenvalue weighted by molar-refractivity contribution is 6.30. The molecule has 33 heavy (non-hydrogen) atoms. The molecule has 6 heteroatoms. The number of esters is 1. The van der Waals surface area contributed by atoms with Gasteiger partial charge < -0.3 is 9.64 Å². The van der Waals surface area contributed by atoms with E-state index in [0.717, 1.165) is 23.2 Å². The maximum atomic E-state index is 13.1. The van der Waals surface area contributed by atoms with E-state index in [4.69, 9.17) is 16.3 Å². The first-order chi connectivity index (χ1) is 16.0. The predicted molar refractivity (Wildman–Crippen MR) is 130 cm³/mol. The van der Waals surface area contributed by atoms with Gasteiger partial charge in [0.05, 0.1) is 16.8 Å². The van der Waals surface area contributed by atoms with Crippen LogP contribution in [-0.4, -0.2) is 29.5 Å². The molecule has 2 heterocycles. The van der Waals surface area contributed by atoms with E-state index in [9.17, 15) is 9.59 Å². The summed E-state index contributed by atoms with van der Waals surface area (Å²) < 4.78 is 5.50. The average molecular weight is 457 g/mol. The van der Waals surface area contributed by atoms with Gasteiger partial charge in [-0.25, -0.2) is 9.78 Å². The van der Waals surface area contributed by atoms with Crippen molar-refractivity contribution in [2.75, 3.05) is 11.5 Å². The van der Waals surface area contributed by atoms with Gasteiger partial charge in [0.15, 0.2) is 6.61 Å². The highest BCUT2D eigenvalue weighted by Gasteiger charge is 2.31. The first-order valence-electron chi connectivity index (χ1n) is 10.7. The lowest BCUT2D eigenvalue weighted by molar-refractivity contribution is -0.122. The number of fused-ring (bicyclic) bond motifs is 2. The van der Waals surface area contributed by atoms with E-state index in [1.807, 2.05) is 67.6 Å². The van der Waals surface area contributed by atoms with Gasteiger partial charge in [0.2, 0.25) is 0 Å². The predicted octanol–water partition coefficient (Wildman–Crippen LogP) is 5.69. The molecule has 5 nitrogen and oxygen atoms in total. The lowest BCUT2D eigenvalue weighted by atomic mass is 10.0. The summed E-state index contributed by atoms with van der Waals surface area (Å²) in [4.78, 5) is 32.5. The van der Waals surface area contributed by atoms with Crippen LogP contribution in [0.25, 0.3) is 22.2 Å². The zero-order valence-corrected chi connectivity index (χ0v) is 18.8. The van der Waals surface area contributed by atoms with Crippen molar-refractivity contribution in [1.82, 2.24) is 4.98 Å². The maximum Gasteiger partial charge on any atom is 0.339 e. The van der Waals surface area contributed by atoms with Crippen molar-refractivity contribution in [3.05, 3.63) is 95.0 Å². The van der Waals surface area contributed by atoms with Crippen LogP contribution >= 0.6 is 11.6 Å². The molecule has 1 amide bonds. The number of carbonyl (C=O) groups is 2. The Hall–Kier alpha value is -3.70. The van der Waals surface area contributed by atoms with Crippen molar-refractivity contribution >= 4 is 40.1 Å². The third-order valence-electron chi connectivity index (χ3n) is 5.88. The van der Waals surface area contributed by atoms with E-state index in [1.54, 1.807) is 23.1 Å². The second kappa shape index (κ2) is 8.68. The number of hydrogen-bond acceptors (Lipinski definition) is 4. The quantitative estimate of drug-likeness (QED) is 0.370. The molecule has 0 fully saturated rings. The molecule has 164 valence electrons. The lowest BCUT2D eigenvalue weighted by Gasteiger charge is -2.22. The number of carbonyl (C=O) groups excluding carboxylic acids is 2. The second-order valence-electron chi connectivity index (χ2n) is 8.10. The van der Waals surface area contributed by atoms with Crippen molar-refractivity contribution in [2.45, 2.75) is 19.4 Å². The summed E-state index contributed by atoms with van der Waals surface area (Å²) in [5.74, 6) is -0.797. The van der Waals surface area contributed by atoms with Crippen molar-refractivity contribution in [3.8, 4) is 11.3 Å². The SMILES string of the molecule is CC1Cc2ccccc2N1C(=O)COC(=O)c1cc(-c2ccc(Cl)cc2)nc2ccccc12. The van der Waals surface area contributed by atoms with E-state index < -0.39 is 5.97 Å². The minimum Gasteiger partial charge on any atom is -0.452 e. The van der Waals surface area contributed by atoms with Gasteiger partial charge in [0.1, 0.15) is 0 Å². The fraction of sp³-hybridized carbons (Fsp3) is 0.148. The number of aromatic nitrogens is 1. The van der Waals surface area contributed by atoms with E-state index in [2.05, 4.69) is 4.98 Å². The highest BCUT2D eigenvalue weighted by Crippen LogP contribution is 2.32. The highest BCUT2D eigenvalue weighted by atomic mass is 35.5. The van der Waals surface area contributed by atoms with E-state index in [-0.39, 0.29) is 18.6 Å². The van der Waals surface area contributed by atoms with Crippen LogP contribution in [0.1, 0.15) is 22.8 Å². The Labute approximate surface area is 196 Å². The molecule has 1 unspecified atom stereocenters. The van der Waals surface area contributed by atoms with Gasteiger partial charge in [-0.1, -0.05) is 60.1 Å². The van der Waals surface area contributed by atoms with Crippen LogP contribution in [0.15, 0.2) is 78.9 Å². The monoisotopic (exact) mass is 456 g/mol. The second-order valence-corrected chi connectivity index (χ2v) is 8.54. The van der Waals surface area contributed by atoms with Gasteiger partial charge in [-0.3, -0.25) is 4.79 Å². The molecule has 0 radical (unpaired) electrons. The third-order valence-corrected chi connectivity index (χ3v) is 6.13. The molecule has 0 N–H and O–H groups in total. The van der Waals surface area contributed by atoms with Crippen molar-refractivity contribution in [3.63, 3.8) is 0 Å². The summed E-state index contributed by atoms with van der Waals surface area (Å²) in [5, 5.41) is 1.29. The zero-order chi connectivity index (χ0) is 22.9. The summed E-state index contributed by atoms with van der Waals surface area (Å²) in [6, 6.07) is 24.2. The minimum atomic E-state index is -0.558. The van der Waals surface area contributed by atoms with Crippen molar-refractivity contribution in [2.24, 2.45) is 0 Å². The molecule has 0 aliphatic carbocycles. The van der Waals surface area contributed by atoms with Gasteiger partial charge in [-0.05, 0) is 49.2 Å². The first kappa shape index (κ1) is 21.2. The smallest absolute Gasteiger partial charge is 0.339 e. The fourth-order valence-corrected chi connectivity index (χ4v) is 4.46. The van der Waals surface area contributed by atoms with Crippen LogP contribution in [0, 0.1) is 0 Å². The molecular formula is C27H21ClN2O3. The molecule has 3 aromatic carbocycles. The molecule has 0 saturated carbocycles. The Morgan fingerprint density at radius 1 is 1.03 bits per heavy atom. The minimum absolute atomic E-state index is 0.0202. The van der Waals surface area contributed by atoms with Gasteiger partial charge >= 0.3 is 5.97 Å². The number of halogens is 1. The molecule has 5 rings (SSSR count). The Kier molecular flexibility index (Phi) is 5.56. The van der Waals surface area contributed by atoms with Gasteiger partial charge in [0.25, 0.3) is 5.91 Å². The molecule has 1 aliphatic heterocycles. The van der Waals surface area contributed by atoms with Gasteiger partial charge in [-0.2, -0.15) is 0 Å². The lowest BCUT2D eigenvalue weighted by Crippen LogP contribution is -2.38. The van der Waals surface area contributed by atoms with E-state index in [1.165, 1.54) is 0 Å². The first-order valence-corrected chi connectivity index (χ1v) is 11.1. The van der Waals surface area contributed by atoms with Crippen LogP contribution in [0.5, 0.6) is 0 Å². The topological polar surface area (TPSA) is 59.5 Å². The van der Waals surface area contributed by atoms with Crippen molar-refractivity contribution in [1.29, 1.82) is 0 Å². The molecule has 1 aromatic heterocycles. The normalized spacial score (nSPS) is 14.8. The molecule has 1 aliphatic rings. The Morgan fingerprint density at radius 3 is 2.58 bits per heavy atom. The third kappa shape index (κ3) is 4.08. The van der Waals surface area contributed by atoms with Crippen LogP contribution in [-0.2, 0) is 16.0 Å². The summed E-state index contributed by atoms with van der Waals surface area (Å²) in [7, 11) is 0. The largest absolute Gasteiger partial charge is 0.452 e. The number of pyridine rings is 1. The number of hydrogen-bond donors (Lipinski definition) is 0. The number of rotatable bonds is 4. The van der Waals surface area contributed by atoms with Crippen LogP contribution < -0.4 is 4.90 Å². The molecule has 1 atom stereocenters. The number of anilines is 1.